The molecule has 2 aromatic carbocycles. The third-order valence-electron chi connectivity index (χ3n) is 3.70. The number of nitrogens with zero attached hydrogens (tertiary/aromatic N) is 2. The Balaban J connectivity index is 1.83. The number of benzene rings is 2. The summed E-state index contributed by atoms with van der Waals surface area (Å²) in [5, 5.41) is 8.39. The van der Waals surface area contributed by atoms with Gasteiger partial charge in [0.15, 0.2) is 0 Å². The zero-order valence-electron chi connectivity index (χ0n) is 13.1. The lowest BCUT2D eigenvalue weighted by Crippen LogP contribution is -2.36. The number of carbonyl (C=O) groups excluding carboxylic acids is 2. The number of carbonyl (C=O) groups is 2. The Hall–Kier alpha value is -2.47. The molecule has 0 unspecified atom stereocenters. The van der Waals surface area contributed by atoms with E-state index in [2.05, 4.69) is 26.3 Å². The van der Waals surface area contributed by atoms with E-state index in [0.29, 0.717) is 23.5 Å². The summed E-state index contributed by atoms with van der Waals surface area (Å²) in [4.78, 5) is 24.6. The maximum absolute atomic E-state index is 12.5. The highest BCUT2D eigenvalue weighted by Crippen LogP contribution is 2.23. The van der Waals surface area contributed by atoms with Crippen molar-refractivity contribution in [2.75, 3.05) is 10.3 Å². The van der Waals surface area contributed by atoms with Gasteiger partial charge in [-0.25, -0.2) is 5.01 Å². The summed E-state index contributed by atoms with van der Waals surface area (Å²) in [7, 11) is 0. The fourth-order valence-corrected chi connectivity index (χ4v) is 2.75. The second kappa shape index (κ2) is 6.97. The second-order valence-electron chi connectivity index (χ2n) is 5.52. The van der Waals surface area contributed by atoms with Gasteiger partial charge in [0.1, 0.15) is 5.71 Å². The molecule has 5 nitrogen and oxygen atoms in total. The zero-order chi connectivity index (χ0) is 17.1. The smallest absolute Gasteiger partial charge is 0.271 e. The molecule has 0 fully saturated rings. The van der Waals surface area contributed by atoms with E-state index in [9.17, 15) is 9.59 Å². The van der Waals surface area contributed by atoms with Crippen LogP contribution >= 0.6 is 15.9 Å². The monoisotopic (exact) mass is 385 g/mol. The number of hydrogen-bond donors (Lipinski definition) is 1. The molecule has 0 aromatic heterocycles. The first kappa shape index (κ1) is 16.4. The molecular formula is C18H16BrN3O2. The minimum atomic E-state index is -0.300. The number of anilines is 2. The molecule has 2 amide bonds. The van der Waals surface area contributed by atoms with E-state index in [1.165, 1.54) is 5.01 Å². The van der Waals surface area contributed by atoms with Crippen molar-refractivity contribution in [1.29, 1.82) is 0 Å². The van der Waals surface area contributed by atoms with Crippen LogP contribution in [-0.2, 0) is 9.59 Å². The van der Waals surface area contributed by atoms with Gasteiger partial charge >= 0.3 is 0 Å². The lowest BCUT2D eigenvalue weighted by atomic mass is 10.1. The molecule has 122 valence electrons. The predicted molar refractivity (Wildman–Crippen MR) is 98.1 cm³/mol. The quantitative estimate of drug-likeness (QED) is 0.871. The van der Waals surface area contributed by atoms with Gasteiger partial charge in [0.25, 0.3) is 5.91 Å². The van der Waals surface area contributed by atoms with E-state index in [4.69, 9.17) is 0 Å². The van der Waals surface area contributed by atoms with Crippen LogP contribution in [0.3, 0.4) is 0 Å². The number of nitrogens with one attached hydrogen (secondary N) is 1. The largest absolute Gasteiger partial charge is 0.320 e. The Morgan fingerprint density at radius 1 is 1.12 bits per heavy atom. The van der Waals surface area contributed by atoms with Crippen LogP contribution in [0.1, 0.15) is 18.4 Å². The van der Waals surface area contributed by atoms with Crippen molar-refractivity contribution >= 4 is 44.8 Å². The Labute approximate surface area is 148 Å². The van der Waals surface area contributed by atoms with Gasteiger partial charge in [0, 0.05) is 17.3 Å². The van der Waals surface area contributed by atoms with Gasteiger partial charge < -0.3 is 5.32 Å². The van der Waals surface area contributed by atoms with Crippen LogP contribution in [0.2, 0.25) is 0 Å². The van der Waals surface area contributed by atoms with Crippen molar-refractivity contribution in [2.24, 2.45) is 5.10 Å². The molecule has 1 aliphatic rings. The van der Waals surface area contributed by atoms with Crippen molar-refractivity contribution in [1.82, 2.24) is 0 Å². The van der Waals surface area contributed by atoms with Crippen molar-refractivity contribution in [2.45, 2.75) is 19.8 Å². The van der Waals surface area contributed by atoms with Gasteiger partial charge in [0.05, 0.1) is 11.4 Å². The average molecular weight is 386 g/mol. The van der Waals surface area contributed by atoms with Crippen LogP contribution in [0, 0.1) is 6.92 Å². The predicted octanol–water partition coefficient (Wildman–Crippen LogP) is 3.88. The summed E-state index contributed by atoms with van der Waals surface area (Å²) in [5.41, 5.74) is 2.77. The highest BCUT2D eigenvalue weighted by atomic mass is 79.9. The van der Waals surface area contributed by atoms with E-state index in [-0.39, 0.29) is 18.2 Å². The molecular weight excluding hydrogens is 370 g/mol. The summed E-state index contributed by atoms with van der Waals surface area (Å²) in [6.07, 6.45) is 0.591. The normalized spacial score (nSPS) is 14.3. The topological polar surface area (TPSA) is 61.8 Å². The number of amides is 2. The first-order chi connectivity index (χ1) is 11.5. The molecule has 0 saturated carbocycles. The molecule has 0 saturated heterocycles. The van der Waals surface area contributed by atoms with E-state index < -0.39 is 0 Å². The SMILES string of the molecule is Cc1ccc(N2N=C(C(=O)Nc3ccccc3Br)CCC2=O)cc1. The summed E-state index contributed by atoms with van der Waals surface area (Å²) in [6.45, 7) is 1.97. The molecule has 1 heterocycles. The molecule has 0 aliphatic carbocycles. The van der Waals surface area contributed by atoms with E-state index >= 15 is 0 Å². The van der Waals surface area contributed by atoms with Crippen molar-refractivity contribution in [3.63, 3.8) is 0 Å². The first-order valence-electron chi connectivity index (χ1n) is 7.57. The van der Waals surface area contributed by atoms with Gasteiger partial charge in [0.2, 0.25) is 5.91 Å². The number of hydrazone groups is 1. The molecule has 2 aromatic rings. The maximum atomic E-state index is 12.5. The molecule has 0 bridgehead atoms. The summed E-state index contributed by atoms with van der Waals surface area (Å²) in [5.74, 6) is -0.414. The third kappa shape index (κ3) is 3.54. The lowest BCUT2D eigenvalue weighted by molar-refractivity contribution is -0.118. The molecule has 1 aliphatic heterocycles. The number of aryl methyl sites for hydroxylation is 1. The summed E-state index contributed by atoms with van der Waals surface area (Å²) >= 11 is 3.39. The molecule has 0 spiro atoms. The zero-order valence-corrected chi connectivity index (χ0v) is 14.7. The number of rotatable bonds is 3. The molecule has 3 rings (SSSR count). The fraction of sp³-hybridized carbons (Fsp3) is 0.167. The van der Waals surface area contributed by atoms with Gasteiger partial charge in [-0.15, -0.1) is 0 Å². The third-order valence-corrected chi connectivity index (χ3v) is 4.39. The van der Waals surface area contributed by atoms with Gasteiger partial charge in [-0.2, -0.15) is 5.10 Å². The lowest BCUT2D eigenvalue weighted by Gasteiger charge is -2.23. The van der Waals surface area contributed by atoms with Crippen LogP contribution in [-0.4, -0.2) is 17.5 Å². The number of halogens is 1. The highest BCUT2D eigenvalue weighted by Gasteiger charge is 2.25. The number of para-hydroxylation sites is 1. The molecule has 6 heteroatoms. The van der Waals surface area contributed by atoms with Crippen LogP contribution in [0.4, 0.5) is 11.4 Å². The molecule has 1 N–H and O–H groups in total. The first-order valence-corrected chi connectivity index (χ1v) is 8.37. The van der Waals surface area contributed by atoms with Gasteiger partial charge in [-0.05, 0) is 47.1 Å². The molecule has 0 radical (unpaired) electrons. The van der Waals surface area contributed by atoms with Crippen molar-refractivity contribution in [3.05, 3.63) is 58.6 Å². The second-order valence-corrected chi connectivity index (χ2v) is 6.38. The van der Waals surface area contributed by atoms with Crippen molar-refractivity contribution in [3.8, 4) is 0 Å². The standard InChI is InChI=1S/C18H16BrN3O2/c1-12-6-8-13(9-7-12)22-17(23)11-10-16(21-22)18(24)20-15-5-3-2-4-14(15)19/h2-9H,10-11H2,1H3,(H,20,24). The maximum Gasteiger partial charge on any atom is 0.271 e. The Morgan fingerprint density at radius 2 is 1.83 bits per heavy atom. The molecule has 24 heavy (non-hydrogen) atoms. The Morgan fingerprint density at radius 3 is 2.54 bits per heavy atom. The van der Waals surface area contributed by atoms with Crippen LogP contribution < -0.4 is 10.3 Å². The fourth-order valence-electron chi connectivity index (χ4n) is 2.36. The van der Waals surface area contributed by atoms with Crippen molar-refractivity contribution < 1.29 is 9.59 Å². The van der Waals surface area contributed by atoms with Gasteiger partial charge in [-0.1, -0.05) is 29.8 Å². The van der Waals surface area contributed by atoms with Gasteiger partial charge in [-0.3, -0.25) is 9.59 Å². The molecule has 0 atom stereocenters. The Kier molecular flexibility index (Phi) is 4.76. The van der Waals surface area contributed by atoms with Crippen LogP contribution in [0.25, 0.3) is 0 Å². The minimum Gasteiger partial charge on any atom is -0.320 e. The summed E-state index contributed by atoms with van der Waals surface area (Å²) < 4.78 is 0.793. The van der Waals surface area contributed by atoms with Crippen LogP contribution in [0.5, 0.6) is 0 Å². The van der Waals surface area contributed by atoms with Crippen LogP contribution in [0.15, 0.2) is 58.1 Å². The number of hydrogen-bond acceptors (Lipinski definition) is 3. The minimum absolute atomic E-state index is 0.115. The summed E-state index contributed by atoms with van der Waals surface area (Å²) in [6, 6.07) is 14.8. The van der Waals surface area contributed by atoms with E-state index in [0.717, 1.165) is 10.0 Å². The van der Waals surface area contributed by atoms with E-state index in [1.807, 2.05) is 49.4 Å². The highest BCUT2D eigenvalue weighted by molar-refractivity contribution is 9.10. The average Bonchev–Trinajstić information content (AvgIpc) is 2.58. The van der Waals surface area contributed by atoms with E-state index in [1.54, 1.807) is 6.07 Å². The Bertz CT molecular complexity index is 815.